The van der Waals surface area contributed by atoms with Crippen molar-refractivity contribution in [3.63, 3.8) is 0 Å². The van der Waals surface area contributed by atoms with E-state index in [0.717, 1.165) is 0 Å². The van der Waals surface area contributed by atoms with Crippen LogP contribution >= 0.6 is 0 Å². The lowest BCUT2D eigenvalue weighted by Crippen LogP contribution is -1.96. The van der Waals surface area contributed by atoms with Gasteiger partial charge in [-0.1, -0.05) is 49.7 Å². The number of hydrogen-bond acceptors (Lipinski definition) is 0. The van der Waals surface area contributed by atoms with Crippen molar-refractivity contribution in [2.24, 2.45) is 0 Å². The van der Waals surface area contributed by atoms with E-state index in [4.69, 9.17) is 0 Å². The van der Waals surface area contributed by atoms with Gasteiger partial charge in [-0.25, -0.2) is 8.78 Å². The Morgan fingerprint density at radius 3 is 1.39 bits per heavy atom. The molecule has 96 valence electrons. The molecule has 0 saturated carbocycles. The van der Waals surface area contributed by atoms with Gasteiger partial charge in [0.2, 0.25) is 0 Å². The third kappa shape index (κ3) is 4.70. The molecule has 0 aromatic heterocycles. The Balaban J connectivity index is 3.04. The molecule has 0 aliphatic rings. The zero-order valence-electron chi connectivity index (χ0n) is 11.2. The van der Waals surface area contributed by atoms with Crippen LogP contribution in [0.2, 0.25) is 26.2 Å². The molecule has 1 aromatic carbocycles. The molecule has 2 radical (unpaired) electrons. The molecule has 1 aromatic rings. The molecule has 18 heavy (non-hydrogen) atoms. The van der Waals surface area contributed by atoms with Crippen molar-refractivity contribution in [3.05, 3.63) is 46.3 Å². The van der Waals surface area contributed by atoms with E-state index in [1.165, 1.54) is 12.1 Å². The summed E-state index contributed by atoms with van der Waals surface area (Å²) in [6.07, 6.45) is 3.35. The predicted octanol–water partition coefficient (Wildman–Crippen LogP) is 4.58. The van der Waals surface area contributed by atoms with Crippen molar-refractivity contribution in [3.8, 4) is 0 Å². The first-order valence-corrected chi connectivity index (χ1v) is 11.0. The number of benzene rings is 1. The molecule has 0 spiro atoms. The van der Waals surface area contributed by atoms with Gasteiger partial charge in [0.15, 0.2) is 0 Å². The van der Waals surface area contributed by atoms with E-state index in [2.05, 4.69) is 26.2 Å². The van der Waals surface area contributed by atoms with Gasteiger partial charge in [0.25, 0.3) is 0 Å². The van der Waals surface area contributed by atoms with Gasteiger partial charge in [-0.15, -0.1) is 0 Å². The van der Waals surface area contributed by atoms with E-state index in [1.807, 2.05) is 11.4 Å². The van der Waals surface area contributed by atoms with Crippen molar-refractivity contribution in [1.29, 1.82) is 0 Å². The monoisotopic (exact) mass is 280 g/mol. The average molecular weight is 280 g/mol. The smallest absolute Gasteiger partial charge is 0.131 e. The summed E-state index contributed by atoms with van der Waals surface area (Å²) in [5.41, 5.74) is 4.57. The van der Waals surface area contributed by atoms with Crippen LogP contribution in [0.25, 0.3) is 12.2 Å². The highest BCUT2D eigenvalue weighted by atomic mass is 28.3. The highest BCUT2D eigenvalue weighted by molar-refractivity contribution is 6.62. The van der Waals surface area contributed by atoms with Crippen LogP contribution in [0, 0.1) is 11.6 Å². The number of halogens is 2. The minimum Gasteiger partial charge on any atom is -0.206 e. The van der Waals surface area contributed by atoms with Crippen molar-refractivity contribution in [1.82, 2.24) is 0 Å². The topological polar surface area (TPSA) is 0 Å². The molecule has 0 atom stereocenters. The molecule has 0 saturated heterocycles. The molecule has 0 fully saturated rings. The lowest BCUT2D eigenvalue weighted by atomic mass is 10.1. The van der Waals surface area contributed by atoms with Crippen molar-refractivity contribution in [2.75, 3.05) is 0 Å². The first-order chi connectivity index (χ1) is 8.40. The van der Waals surface area contributed by atoms with Crippen molar-refractivity contribution < 1.29 is 8.78 Å². The third-order valence-electron chi connectivity index (χ3n) is 2.31. The Labute approximate surface area is 111 Å². The Bertz CT molecular complexity index is 419. The summed E-state index contributed by atoms with van der Waals surface area (Å²) >= 11 is 0. The molecule has 0 unspecified atom stereocenters. The highest BCUT2D eigenvalue weighted by Crippen LogP contribution is 2.18. The van der Waals surface area contributed by atoms with Crippen molar-refractivity contribution >= 4 is 29.7 Å². The van der Waals surface area contributed by atoms with Crippen LogP contribution in [0.3, 0.4) is 0 Å². The Morgan fingerprint density at radius 1 is 0.778 bits per heavy atom. The highest BCUT2D eigenvalue weighted by Gasteiger charge is 2.06. The Morgan fingerprint density at radius 2 is 1.11 bits per heavy atom. The second-order valence-electron chi connectivity index (χ2n) is 4.72. The molecule has 4 heteroatoms. The molecule has 0 N–H and O–H groups in total. The SMILES string of the molecule is C[Si](C)/C=C/c1cc(F)c(/C=C/[Si](C)C)cc1F. The quantitative estimate of drug-likeness (QED) is 0.708. The predicted molar refractivity (Wildman–Crippen MR) is 79.4 cm³/mol. The van der Waals surface area contributed by atoms with Gasteiger partial charge < -0.3 is 0 Å². The minimum absolute atomic E-state index is 0.328. The molecule has 1 rings (SSSR count). The van der Waals surface area contributed by atoms with E-state index in [0.29, 0.717) is 11.1 Å². The first kappa shape index (κ1) is 15.1. The second kappa shape index (κ2) is 6.80. The van der Waals surface area contributed by atoms with E-state index >= 15 is 0 Å². The largest absolute Gasteiger partial charge is 0.206 e. The van der Waals surface area contributed by atoms with Gasteiger partial charge in [0, 0.05) is 11.1 Å². The molecule has 0 nitrogen and oxygen atoms in total. The van der Waals surface area contributed by atoms with Gasteiger partial charge >= 0.3 is 0 Å². The summed E-state index contributed by atoms with van der Waals surface area (Å²) in [6.45, 7) is 8.38. The average Bonchev–Trinajstić information content (AvgIpc) is 2.27. The first-order valence-electron chi connectivity index (χ1n) is 5.85. The van der Waals surface area contributed by atoms with E-state index < -0.39 is 17.6 Å². The Kier molecular flexibility index (Phi) is 5.69. The van der Waals surface area contributed by atoms with Crippen LogP contribution in [0.5, 0.6) is 0 Å². The van der Waals surface area contributed by atoms with Crippen LogP contribution < -0.4 is 0 Å². The fraction of sp³-hybridized carbons (Fsp3) is 0.286. The summed E-state index contributed by atoms with van der Waals surface area (Å²) in [5.74, 6) is -0.729. The van der Waals surface area contributed by atoms with Gasteiger partial charge in [0.1, 0.15) is 11.6 Å². The third-order valence-corrected chi connectivity index (χ3v) is 3.98. The fourth-order valence-corrected chi connectivity index (χ4v) is 2.37. The summed E-state index contributed by atoms with van der Waals surface area (Å²) in [6, 6.07) is 2.54. The standard InChI is InChI=1S/C14H18F2Si2/c1-17(2)7-5-11-9-14(16)12(10-13(11)15)6-8-18(3)4/h5-10H,1-4H3/b7-5+,8-6+. The molecule has 0 bridgehead atoms. The molecule has 0 aliphatic carbocycles. The number of rotatable bonds is 4. The number of hydrogen-bond donors (Lipinski definition) is 0. The summed E-state index contributed by atoms with van der Waals surface area (Å²) < 4.78 is 27.5. The zero-order valence-corrected chi connectivity index (χ0v) is 13.2. The maximum Gasteiger partial charge on any atom is 0.131 e. The van der Waals surface area contributed by atoms with Crippen LogP contribution in [0.15, 0.2) is 23.5 Å². The van der Waals surface area contributed by atoms with Crippen molar-refractivity contribution in [2.45, 2.75) is 26.2 Å². The summed E-state index contributed by atoms with van der Waals surface area (Å²) in [7, 11) is -1.14. The van der Waals surface area contributed by atoms with Gasteiger partial charge in [0.05, 0.1) is 17.6 Å². The molecular formula is C14H18F2Si2. The van der Waals surface area contributed by atoms with Crippen LogP contribution in [-0.4, -0.2) is 17.6 Å². The zero-order chi connectivity index (χ0) is 13.7. The van der Waals surface area contributed by atoms with Crippen LogP contribution in [0.4, 0.5) is 8.78 Å². The lowest BCUT2D eigenvalue weighted by molar-refractivity contribution is 0.595. The summed E-state index contributed by atoms with van der Waals surface area (Å²) in [5, 5.41) is 0. The molecule has 0 amide bonds. The van der Waals surface area contributed by atoms with Gasteiger partial charge in [-0.3, -0.25) is 0 Å². The molecular weight excluding hydrogens is 262 g/mol. The molecule has 0 aliphatic heterocycles. The van der Waals surface area contributed by atoms with Gasteiger partial charge in [-0.05, 0) is 12.1 Å². The maximum atomic E-state index is 13.8. The Hall–Kier alpha value is -1.01. The van der Waals surface area contributed by atoms with E-state index in [-0.39, 0.29) is 11.6 Å². The van der Waals surface area contributed by atoms with Gasteiger partial charge in [-0.2, -0.15) is 0 Å². The second-order valence-corrected chi connectivity index (χ2v) is 9.69. The minimum atomic E-state index is -0.572. The van der Waals surface area contributed by atoms with E-state index in [9.17, 15) is 8.78 Å². The normalized spacial score (nSPS) is 12.4. The summed E-state index contributed by atoms with van der Waals surface area (Å²) in [4.78, 5) is 0. The maximum absolute atomic E-state index is 13.8. The lowest BCUT2D eigenvalue weighted by Gasteiger charge is -2.03. The van der Waals surface area contributed by atoms with Crippen LogP contribution in [0.1, 0.15) is 11.1 Å². The molecule has 0 heterocycles. The van der Waals surface area contributed by atoms with Crippen LogP contribution in [-0.2, 0) is 0 Å². The van der Waals surface area contributed by atoms with E-state index in [1.54, 1.807) is 12.2 Å². The fourth-order valence-electron chi connectivity index (χ4n) is 1.35.